The second-order valence-corrected chi connectivity index (χ2v) is 10.3. The Morgan fingerprint density at radius 1 is 1.00 bits per heavy atom. The van der Waals surface area contributed by atoms with Crippen LogP contribution < -0.4 is 0 Å². The van der Waals surface area contributed by atoms with Gasteiger partial charge in [-0.15, -0.1) is 0 Å². The van der Waals surface area contributed by atoms with Crippen molar-refractivity contribution in [1.29, 1.82) is 0 Å². The molecule has 1 aliphatic carbocycles. The first kappa shape index (κ1) is 30.1. The molecule has 0 saturated carbocycles. The lowest BCUT2D eigenvalue weighted by Crippen LogP contribution is -2.36. The zero-order valence-corrected chi connectivity index (χ0v) is 22.2. The maximum Gasteiger partial charge on any atom is 0.416 e. The van der Waals surface area contributed by atoms with Crippen molar-refractivity contribution >= 4 is 12.2 Å². The number of amides is 1. The minimum Gasteiger partial charge on any atom is -0.444 e. The summed E-state index contributed by atoms with van der Waals surface area (Å²) in [5.41, 5.74) is -1.64. The van der Waals surface area contributed by atoms with E-state index in [1.54, 1.807) is 26.8 Å². The summed E-state index contributed by atoms with van der Waals surface area (Å²) in [4.78, 5) is 18.9. The molecule has 0 spiro atoms. The minimum absolute atomic E-state index is 0.0580. The molecule has 0 unspecified atom stereocenters. The van der Waals surface area contributed by atoms with Gasteiger partial charge in [-0.05, 0) is 81.3 Å². The highest BCUT2D eigenvalue weighted by Crippen LogP contribution is 2.37. The molecular formula is C29H30F6N2O2. The average Bonchev–Trinajstić information content (AvgIpc) is 2.81. The Morgan fingerprint density at radius 2 is 1.64 bits per heavy atom. The summed E-state index contributed by atoms with van der Waals surface area (Å²) in [6.07, 6.45) is -4.11. The van der Waals surface area contributed by atoms with Crippen LogP contribution in [0.2, 0.25) is 0 Å². The van der Waals surface area contributed by atoms with Gasteiger partial charge in [-0.2, -0.15) is 26.3 Å². The number of carbonyl (C=O) groups is 1. The van der Waals surface area contributed by atoms with E-state index in [9.17, 15) is 31.1 Å². The molecule has 0 saturated heterocycles. The van der Waals surface area contributed by atoms with Gasteiger partial charge in [0.05, 0.1) is 17.7 Å². The number of nitrogens with zero attached hydrogens (tertiary/aromatic N) is 2. The van der Waals surface area contributed by atoms with Crippen LogP contribution in [-0.4, -0.2) is 21.6 Å². The van der Waals surface area contributed by atoms with Gasteiger partial charge in [0.1, 0.15) is 11.3 Å². The van der Waals surface area contributed by atoms with Crippen LogP contribution in [0.3, 0.4) is 0 Å². The highest BCUT2D eigenvalue weighted by Gasteiger charge is 2.37. The molecule has 1 aliphatic rings. The van der Waals surface area contributed by atoms with Crippen molar-refractivity contribution in [2.75, 3.05) is 0 Å². The van der Waals surface area contributed by atoms with Gasteiger partial charge >= 0.3 is 18.4 Å². The normalized spacial score (nSPS) is 13.4. The van der Waals surface area contributed by atoms with Gasteiger partial charge in [0.2, 0.25) is 0 Å². The quantitative estimate of drug-likeness (QED) is 0.278. The van der Waals surface area contributed by atoms with Gasteiger partial charge in [0, 0.05) is 24.2 Å². The topological polar surface area (TPSA) is 42.4 Å². The van der Waals surface area contributed by atoms with E-state index in [1.807, 2.05) is 19.1 Å². The van der Waals surface area contributed by atoms with Crippen molar-refractivity contribution in [2.24, 2.45) is 0 Å². The van der Waals surface area contributed by atoms with Crippen LogP contribution >= 0.6 is 0 Å². The molecule has 210 valence electrons. The van der Waals surface area contributed by atoms with Crippen LogP contribution in [0.25, 0.3) is 6.08 Å². The van der Waals surface area contributed by atoms with Crippen LogP contribution in [0.5, 0.6) is 0 Å². The average molecular weight is 553 g/mol. The fourth-order valence-electron chi connectivity index (χ4n) is 3.93. The second-order valence-electron chi connectivity index (χ2n) is 10.3. The molecule has 0 aliphatic heterocycles. The Hall–Kier alpha value is -3.48. The standard InChI is InChI=1S/C29H30F6N2O2/c1-5-6-7-11-25-21(15-20-10-8-9-12-24(20)36-25)18-37(26(38)39-27(2,3)4)17-19-13-22(28(30,31)32)16-23(14-19)29(33,34)35/h8,10,13-16H,5-6,9,12,17-18H2,1-4H3. The van der Waals surface area contributed by atoms with E-state index in [2.05, 4.69) is 16.8 Å². The van der Waals surface area contributed by atoms with Crippen LogP contribution in [0.1, 0.15) is 86.2 Å². The lowest BCUT2D eigenvalue weighted by Gasteiger charge is -2.28. The Morgan fingerprint density at radius 3 is 2.21 bits per heavy atom. The molecular weight excluding hydrogens is 522 g/mol. The molecule has 0 N–H and O–H groups in total. The van der Waals surface area contributed by atoms with Crippen LogP contribution in [0.4, 0.5) is 31.1 Å². The van der Waals surface area contributed by atoms with E-state index in [-0.39, 0.29) is 18.2 Å². The van der Waals surface area contributed by atoms with Gasteiger partial charge in [-0.25, -0.2) is 9.78 Å². The monoisotopic (exact) mass is 552 g/mol. The highest BCUT2D eigenvalue weighted by atomic mass is 19.4. The number of aryl methyl sites for hydroxylation is 1. The van der Waals surface area contributed by atoms with Gasteiger partial charge in [-0.1, -0.05) is 25.0 Å². The summed E-state index contributed by atoms with van der Waals surface area (Å²) in [7, 11) is 0. The number of aromatic nitrogens is 1. The van der Waals surface area contributed by atoms with Gasteiger partial charge in [-0.3, -0.25) is 4.90 Å². The van der Waals surface area contributed by atoms with E-state index in [1.165, 1.54) is 0 Å². The van der Waals surface area contributed by atoms with Crippen molar-refractivity contribution in [3.05, 3.63) is 69.5 Å². The number of fused-ring (bicyclic) bond motifs is 1. The molecule has 39 heavy (non-hydrogen) atoms. The third-order valence-corrected chi connectivity index (χ3v) is 5.67. The molecule has 0 bridgehead atoms. The number of hydrogen-bond donors (Lipinski definition) is 0. The van der Waals surface area contributed by atoms with E-state index in [0.717, 1.165) is 29.0 Å². The number of carbonyl (C=O) groups excluding carboxylic acids is 1. The summed E-state index contributed by atoms with van der Waals surface area (Å²) in [5, 5.41) is 0. The number of halogens is 6. The number of pyridine rings is 1. The molecule has 1 amide bonds. The Balaban J connectivity index is 2.09. The fraction of sp³-hybridized carbons (Fsp3) is 0.448. The molecule has 1 aromatic heterocycles. The first-order chi connectivity index (χ1) is 18.1. The molecule has 3 rings (SSSR count). The third-order valence-electron chi connectivity index (χ3n) is 5.67. The van der Waals surface area contributed by atoms with Gasteiger partial charge < -0.3 is 4.74 Å². The predicted octanol–water partition coefficient (Wildman–Crippen LogP) is 8.17. The smallest absolute Gasteiger partial charge is 0.416 e. The molecule has 2 aromatic rings. The largest absolute Gasteiger partial charge is 0.444 e. The van der Waals surface area contributed by atoms with Crippen molar-refractivity contribution < 1.29 is 35.9 Å². The summed E-state index contributed by atoms with van der Waals surface area (Å²) in [6.45, 7) is 6.06. The van der Waals surface area contributed by atoms with Crippen molar-refractivity contribution in [3.63, 3.8) is 0 Å². The summed E-state index contributed by atoms with van der Waals surface area (Å²) in [5.74, 6) is 6.04. The van der Waals surface area contributed by atoms with Crippen molar-refractivity contribution in [1.82, 2.24) is 9.88 Å². The zero-order chi connectivity index (χ0) is 29.0. The van der Waals surface area contributed by atoms with Crippen LogP contribution in [0.15, 0.2) is 30.3 Å². The van der Waals surface area contributed by atoms with Crippen LogP contribution in [0, 0.1) is 11.8 Å². The fourth-order valence-corrected chi connectivity index (χ4v) is 3.93. The Labute approximate surface area is 224 Å². The summed E-state index contributed by atoms with van der Waals surface area (Å²) in [6, 6.07) is 3.09. The molecule has 1 heterocycles. The molecule has 10 heteroatoms. The molecule has 0 atom stereocenters. The maximum absolute atomic E-state index is 13.5. The SMILES string of the molecule is CCCC#Cc1nc2c(cc1CN(Cc1cc(C(F)(F)F)cc(C(F)(F)F)c1)C(=O)OC(C)(C)C)C=CCC2. The Bertz CT molecular complexity index is 1260. The first-order valence-electron chi connectivity index (χ1n) is 12.5. The molecule has 0 fully saturated rings. The van der Waals surface area contributed by atoms with Crippen LogP contribution in [-0.2, 0) is 36.6 Å². The van der Waals surface area contributed by atoms with E-state index in [4.69, 9.17) is 4.74 Å². The number of benzene rings is 1. The lowest BCUT2D eigenvalue weighted by atomic mass is 9.99. The highest BCUT2D eigenvalue weighted by molar-refractivity contribution is 5.68. The predicted molar refractivity (Wildman–Crippen MR) is 135 cm³/mol. The summed E-state index contributed by atoms with van der Waals surface area (Å²) < 4.78 is 86.2. The third kappa shape index (κ3) is 8.50. The number of hydrogen-bond acceptors (Lipinski definition) is 3. The molecule has 0 radical (unpaired) electrons. The zero-order valence-electron chi connectivity index (χ0n) is 22.2. The molecule has 1 aromatic carbocycles. The van der Waals surface area contributed by atoms with Crippen molar-refractivity contribution in [3.8, 4) is 11.8 Å². The van der Waals surface area contributed by atoms with E-state index < -0.39 is 41.7 Å². The summed E-state index contributed by atoms with van der Waals surface area (Å²) >= 11 is 0. The maximum atomic E-state index is 13.5. The number of rotatable bonds is 5. The van der Waals surface area contributed by atoms with Gasteiger partial charge in [0.15, 0.2) is 0 Å². The Kier molecular flexibility index (Phi) is 9.04. The second kappa shape index (κ2) is 11.7. The number of ether oxygens (including phenoxy) is 1. The van der Waals surface area contributed by atoms with Gasteiger partial charge in [0.25, 0.3) is 0 Å². The van der Waals surface area contributed by atoms with Crippen molar-refractivity contribution in [2.45, 2.75) is 84.4 Å². The number of allylic oxidation sites excluding steroid dienone is 1. The number of unbranched alkanes of at least 4 members (excludes halogenated alkanes) is 1. The number of alkyl halides is 6. The minimum atomic E-state index is -5.01. The lowest BCUT2D eigenvalue weighted by molar-refractivity contribution is -0.143. The van der Waals surface area contributed by atoms with E-state index in [0.29, 0.717) is 36.2 Å². The molecule has 4 nitrogen and oxygen atoms in total. The first-order valence-corrected chi connectivity index (χ1v) is 12.5. The van der Waals surface area contributed by atoms with E-state index >= 15 is 0 Å².